The SMILES string of the molecule is [N-]=[N+]=NCCOc1ccc([N+](=O)[O-])c2ccccc12. The molecular weight excluding hydrogens is 248 g/mol. The third kappa shape index (κ3) is 2.72. The lowest BCUT2D eigenvalue weighted by Gasteiger charge is -2.08. The summed E-state index contributed by atoms with van der Waals surface area (Å²) in [7, 11) is 0. The van der Waals surface area contributed by atoms with Gasteiger partial charge in [-0.1, -0.05) is 23.3 Å². The van der Waals surface area contributed by atoms with E-state index in [1.807, 2.05) is 0 Å². The van der Waals surface area contributed by atoms with Gasteiger partial charge in [0, 0.05) is 16.4 Å². The van der Waals surface area contributed by atoms with E-state index in [9.17, 15) is 10.1 Å². The Morgan fingerprint density at radius 2 is 2.00 bits per heavy atom. The number of fused-ring (bicyclic) bond motifs is 1. The Hall–Kier alpha value is -2.79. The van der Waals surface area contributed by atoms with Crippen LogP contribution in [0.1, 0.15) is 0 Å². The molecule has 7 heteroatoms. The molecule has 2 aromatic rings. The monoisotopic (exact) mass is 258 g/mol. The Morgan fingerprint density at radius 1 is 1.26 bits per heavy atom. The average Bonchev–Trinajstić information content (AvgIpc) is 2.43. The minimum atomic E-state index is -0.425. The quantitative estimate of drug-likeness (QED) is 0.205. The fraction of sp³-hybridized carbons (Fsp3) is 0.167. The van der Waals surface area contributed by atoms with Gasteiger partial charge in [0.1, 0.15) is 5.75 Å². The summed E-state index contributed by atoms with van der Waals surface area (Å²) >= 11 is 0. The number of ether oxygens (including phenoxy) is 1. The topological polar surface area (TPSA) is 101 Å². The molecule has 0 aliphatic carbocycles. The van der Waals surface area contributed by atoms with Gasteiger partial charge in [-0.15, -0.1) is 0 Å². The highest BCUT2D eigenvalue weighted by molar-refractivity contribution is 5.95. The lowest BCUT2D eigenvalue weighted by Crippen LogP contribution is -2.01. The lowest BCUT2D eigenvalue weighted by molar-refractivity contribution is -0.383. The molecule has 0 atom stereocenters. The fourth-order valence-corrected chi connectivity index (χ4v) is 1.78. The van der Waals surface area contributed by atoms with Crippen LogP contribution in [-0.4, -0.2) is 18.1 Å². The van der Waals surface area contributed by atoms with E-state index in [0.717, 1.165) is 0 Å². The van der Waals surface area contributed by atoms with E-state index in [4.69, 9.17) is 10.3 Å². The summed E-state index contributed by atoms with van der Waals surface area (Å²) in [4.78, 5) is 13.1. The Bertz CT molecular complexity index is 665. The second-order valence-electron chi connectivity index (χ2n) is 3.69. The van der Waals surface area contributed by atoms with E-state index in [1.165, 1.54) is 6.07 Å². The summed E-state index contributed by atoms with van der Waals surface area (Å²) in [5, 5.41) is 15.5. The van der Waals surface area contributed by atoms with Gasteiger partial charge >= 0.3 is 0 Å². The van der Waals surface area contributed by atoms with Crippen molar-refractivity contribution in [2.24, 2.45) is 5.11 Å². The van der Waals surface area contributed by atoms with Crippen LogP contribution in [-0.2, 0) is 0 Å². The van der Waals surface area contributed by atoms with Crippen molar-refractivity contribution >= 4 is 16.5 Å². The summed E-state index contributed by atoms with van der Waals surface area (Å²) in [6.07, 6.45) is 0. The minimum Gasteiger partial charge on any atom is -0.493 e. The first kappa shape index (κ1) is 12.7. The zero-order chi connectivity index (χ0) is 13.7. The van der Waals surface area contributed by atoms with Gasteiger partial charge in [0.2, 0.25) is 0 Å². The van der Waals surface area contributed by atoms with Crippen molar-refractivity contribution in [2.75, 3.05) is 13.2 Å². The molecule has 0 saturated heterocycles. The molecule has 0 aliphatic rings. The van der Waals surface area contributed by atoms with Crippen LogP contribution < -0.4 is 4.74 Å². The lowest BCUT2D eigenvalue weighted by atomic mass is 10.1. The molecule has 7 nitrogen and oxygen atoms in total. The summed E-state index contributed by atoms with van der Waals surface area (Å²) < 4.78 is 5.47. The van der Waals surface area contributed by atoms with Crippen LogP contribution in [0.5, 0.6) is 5.75 Å². The molecule has 0 N–H and O–H groups in total. The number of nitro groups is 1. The highest BCUT2D eigenvalue weighted by Gasteiger charge is 2.14. The van der Waals surface area contributed by atoms with E-state index >= 15 is 0 Å². The van der Waals surface area contributed by atoms with E-state index in [1.54, 1.807) is 30.3 Å². The number of hydrogen-bond acceptors (Lipinski definition) is 4. The maximum absolute atomic E-state index is 10.9. The molecule has 0 amide bonds. The summed E-state index contributed by atoms with van der Waals surface area (Å²) in [6.45, 7) is 0.438. The molecule has 0 radical (unpaired) electrons. The van der Waals surface area contributed by atoms with E-state index in [2.05, 4.69) is 10.0 Å². The molecule has 0 unspecified atom stereocenters. The third-order valence-electron chi connectivity index (χ3n) is 2.57. The molecule has 2 aromatic carbocycles. The largest absolute Gasteiger partial charge is 0.493 e. The first-order chi connectivity index (χ1) is 9.24. The Labute approximate surface area is 108 Å². The smallest absolute Gasteiger partial charge is 0.277 e. The van der Waals surface area contributed by atoms with Gasteiger partial charge in [-0.25, -0.2) is 0 Å². The molecule has 2 rings (SSSR count). The Kier molecular flexibility index (Phi) is 3.80. The van der Waals surface area contributed by atoms with Crippen molar-refractivity contribution in [3.8, 4) is 5.75 Å². The van der Waals surface area contributed by atoms with Crippen molar-refractivity contribution in [1.29, 1.82) is 0 Å². The van der Waals surface area contributed by atoms with Gasteiger partial charge in [-0.2, -0.15) is 0 Å². The standard InChI is InChI=1S/C12H10N4O3/c13-15-14-7-8-19-12-6-5-11(16(17)18)9-3-1-2-4-10(9)12/h1-6H,7-8H2. The van der Waals surface area contributed by atoms with Crippen molar-refractivity contribution in [3.63, 3.8) is 0 Å². The zero-order valence-corrected chi connectivity index (χ0v) is 9.89. The summed E-state index contributed by atoms with van der Waals surface area (Å²) in [5.41, 5.74) is 8.20. The van der Waals surface area contributed by atoms with Gasteiger partial charge in [-0.05, 0) is 17.7 Å². The van der Waals surface area contributed by atoms with Crippen LogP contribution in [0.3, 0.4) is 0 Å². The number of nitrogens with zero attached hydrogens (tertiary/aromatic N) is 4. The van der Waals surface area contributed by atoms with Crippen LogP contribution >= 0.6 is 0 Å². The highest BCUT2D eigenvalue weighted by atomic mass is 16.6. The molecule has 19 heavy (non-hydrogen) atoms. The van der Waals surface area contributed by atoms with Gasteiger partial charge in [-0.3, -0.25) is 10.1 Å². The molecule has 0 spiro atoms. The second-order valence-corrected chi connectivity index (χ2v) is 3.69. The number of benzene rings is 2. The molecule has 0 bridgehead atoms. The molecule has 0 fully saturated rings. The van der Waals surface area contributed by atoms with Crippen molar-refractivity contribution in [2.45, 2.75) is 0 Å². The second kappa shape index (κ2) is 5.70. The number of non-ortho nitro benzene ring substituents is 1. The average molecular weight is 258 g/mol. The third-order valence-corrected chi connectivity index (χ3v) is 2.57. The summed E-state index contributed by atoms with van der Waals surface area (Å²) in [5.74, 6) is 0.536. The van der Waals surface area contributed by atoms with E-state index < -0.39 is 4.92 Å². The van der Waals surface area contributed by atoms with Crippen LogP contribution in [0.25, 0.3) is 21.2 Å². The van der Waals surface area contributed by atoms with Crippen LogP contribution in [0.2, 0.25) is 0 Å². The molecule has 0 saturated carbocycles. The fourth-order valence-electron chi connectivity index (χ4n) is 1.78. The van der Waals surface area contributed by atoms with Gasteiger partial charge in [0.25, 0.3) is 5.69 Å². The maximum Gasteiger partial charge on any atom is 0.277 e. The zero-order valence-electron chi connectivity index (χ0n) is 9.89. The van der Waals surface area contributed by atoms with E-state index in [-0.39, 0.29) is 18.8 Å². The van der Waals surface area contributed by atoms with Crippen LogP contribution in [0.15, 0.2) is 41.5 Å². The molecule has 0 aliphatic heterocycles. The first-order valence-electron chi connectivity index (χ1n) is 5.54. The maximum atomic E-state index is 10.9. The van der Waals surface area contributed by atoms with Gasteiger partial charge in [0.05, 0.1) is 23.5 Å². The first-order valence-corrected chi connectivity index (χ1v) is 5.54. The molecular formula is C12H10N4O3. The van der Waals surface area contributed by atoms with Crippen molar-refractivity contribution < 1.29 is 9.66 Å². The van der Waals surface area contributed by atoms with Crippen molar-refractivity contribution in [3.05, 3.63) is 57.0 Å². The van der Waals surface area contributed by atoms with Crippen LogP contribution in [0.4, 0.5) is 5.69 Å². The van der Waals surface area contributed by atoms with Gasteiger partial charge in [0.15, 0.2) is 0 Å². The number of azide groups is 1. The molecule has 0 aromatic heterocycles. The summed E-state index contributed by atoms with van der Waals surface area (Å²) in [6, 6.07) is 9.91. The number of rotatable bonds is 5. The van der Waals surface area contributed by atoms with E-state index in [0.29, 0.717) is 16.5 Å². The highest BCUT2D eigenvalue weighted by Crippen LogP contribution is 2.32. The van der Waals surface area contributed by atoms with Gasteiger partial charge < -0.3 is 4.74 Å². The number of hydrogen-bond donors (Lipinski definition) is 0. The molecule has 0 heterocycles. The normalized spacial score (nSPS) is 9.89. The van der Waals surface area contributed by atoms with Crippen LogP contribution in [0, 0.1) is 10.1 Å². The Morgan fingerprint density at radius 3 is 2.68 bits per heavy atom. The number of nitro benzene ring substituents is 1. The predicted molar refractivity (Wildman–Crippen MR) is 70.1 cm³/mol. The Balaban J connectivity index is 2.38. The van der Waals surface area contributed by atoms with Crippen molar-refractivity contribution in [1.82, 2.24) is 0 Å². The molecule has 96 valence electrons. The minimum absolute atomic E-state index is 0.0398. The predicted octanol–water partition coefficient (Wildman–Crippen LogP) is 3.44.